The smallest absolute Gasteiger partial charge is 0.339 e. The Balaban J connectivity index is 2.15. The number of anilines is 2. The highest BCUT2D eigenvalue weighted by atomic mass is 127. The molecule has 2 aromatic carbocycles. The molecule has 0 spiro atoms. The summed E-state index contributed by atoms with van der Waals surface area (Å²) in [5, 5.41) is 23.7. The first-order valence-electron chi connectivity index (χ1n) is 5.87. The van der Waals surface area contributed by atoms with Gasteiger partial charge in [-0.1, -0.05) is 18.2 Å². The van der Waals surface area contributed by atoms with Gasteiger partial charge in [0.1, 0.15) is 5.56 Å². The number of carboxylic acid groups (broad SMARTS) is 1. The predicted molar refractivity (Wildman–Crippen MR) is 86.9 cm³/mol. The standard InChI is InChI=1S/C14H11IN2O4/c15-9-5-1-2-6-10(9)16-14(21)17-11-7-3-4-8(12(11)18)13(19)20/h1-7,18H,(H,19,20)(H2,16,17,21). The van der Waals surface area contributed by atoms with Crippen LogP contribution in [0.1, 0.15) is 10.4 Å². The topological polar surface area (TPSA) is 98.7 Å². The number of aromatic hydroxyl groups is 1. The van der Waals surface area contributed by atoms with Gasteiger partial charge in [-0.15, -0.1) is 0 Å². The Bertz CT molecular complexity index is 703. The summed E-state index contributed by atoms with van der Waals surface area (Å²) in [6.45, 7) is 0. The maximum absolute atomic E-state index is 11.9. The summed E-state index contributed by atoms with van der Waals surface area (Å²) in [4.78, 5) is 22.8. The number of para-hydroxylation sites is 2. The van der Waals surface area contributed by atoms with E-state index < -0.39 is 17.7 Å². The number of hydrogen-bond donors (Lipinski definition) is 4. The van der Waals surface area contributed by atoms with E-state index in [0.29, 0.717) is 5.69 Å². The van der Waals surface area contributed by atoms with Crippen molar-refractivity contribution in [3.8, 4) is 5.75 Å². The first kappa shape index (κ1) is 15.1. The number of urea groups is 1. The number of carbonyl (C=O) groups is 2. The molecule has 0 aromatic heterocycles. The zero-order valence-electron chi connectivity index (χ0n) is 10.6. The molecular weight excluding hydrogens is 387 g/mol. The Hall–Kier alpha value is -2.29. The third kappa shape index (κ3) is 3.63. The number of aromatic carboxylic acids is 1. The molecule has 0 unspecified atom stereocenters. The van der Waals surface area contributed by atoms with Gasteiger partial charge in [0.05, 0.1) is 11.4 Å². The lowest BCUT2D eigenvalue weighted by molar-refractivity contribution is 0.0694. The number of carboxylic acids is 1. The van der Waals surface area contributed by atoms with E-state index >= 15 is 0 Å². The van der Waals surface area contributed by atoms with Gasteiger partial charge in [-0.05, 0) is 46.9 Å². The molecule has 0 aliphatic carbocycles. The van der Waals surface area contributed by atoms with Gasteiger partial charge in [0.25, 0.3) is 0 Å². The molecule has 0 aliphatic rings. The van der Waals surface area contributed by atoms with Crippen LogP contribution in [0.25, 0.3) is 0 Å². The molecular formula is C14H11IN2O4. The molecule has 0 aliphatic heterocycles. The molecule has 7 heteroatoms. The molecule has 6 nitrogen and oxygen atoms in total. The van der Waals surface area contributed by atoms with Gasteiger partial charge in [-0.2, -0.15) is 0 Å². The van der Waals surface area contributed by atoms with Crippen molar-refractivity contribution in [1.29, 1.82) is 0 Å². The van der Waals surface area contributed by atoms with Crippen molar-refractivity contribution in [3.63, 3.8) is 0 Å². The zero-order chi connectivity index (χ0) is 15.4. The van der Waals surface area contributed by atoms with Gasteiger partial charge in [0.15, 0.2) is 5.75 Å². The molecule has 108 valence electrons. The molecule has 2 aromatic rings. The third-order valence-corrected chi connectivity index (χ3v) is 3.58. The zero-order valence-corrected chi connectivity index (χ0v) is 12.8. The van der Waals surface area contributed by atoms with Crippen molar-refractivity contribution in [2.75, 3.05) is 10.6 Å². The Labute approximate surface area is 133 Å². The van der Waals surface area contributed by atoms with Crippen molar-refractivity contribution in [2.45, 2.75) is 0 Å². The Kier molecular flexibility index (Phi) is 4.63. The highest BCUT2D eigenvalue weighted by Gasteiger charge is 2.14. The summed E-state index contributed by atoms with van der Waals surface area (Å²) in [6.07, 6.45) is 0. The van der Waals surface area contributed by atoms with Gasteiger partial charge in [0, 0.05) is 3.57 Å². The van der Waals surface area contributed by atoms with E-state index in [-0.39, 0.29) is 11.3 Å². The average molecular weight is 398 g/mol. The summed E-state index contributed by atoms with van der Waals surface area (Å²) in [5.41, 5.74) is 0.366. The number of nitrogens with one attached hydrogen (secondary N) is 2. The van der Waals surface area contributed by atoms with Crippen LogP contribution in [0, 0.1) is 3.57 Å². The molecule has 0 saturated heterocycles. The lowest BCUT2D eigenvalue weighted by Crippen LogP contribution is -2.20. The molecule has 0 saturated carbocycles. The van der Waals surface area contributed by atoms with E-state index in [1.165, 1.54) is 18.2 Å². The van der Waals surface area contributed by atoms with Gasteiger partial charge < -0.3 is 20.8 Å². The number of phenols is 1. The summed E-state index contributed by atoms with van der Waals surface area (Å²) in [5.74, 6) is -1.75. The van der Waals surface area contributed by atoms with Crippen LogP contribution in [0.15, 0.2) is 42.5 Å². The van der Waals surface area contributed by atoms with Crippen LogP contribution in [0.2, 0.25) is 0 Å². The highest BCUT2D eigenvalue weighted by molar-refractivity contribution is 14.1. The maximum atomic E-state index is 11.9. The molecule has 0 heterocycles. The first-order valence-corrected chi connectivity index (χ1v) is 6.94. The molecule has 0 bridgehead atoms. The van der Waals surface area contributed by atoms with Crippen LogP contribution < -0.4 is 10.6 Å². The van der Waals surface area contributed by atoms with E-state index in [0.717, 1.165) is 3.57 Å². The van der Waals surface area contributed by atoms with Crippen LogP contribution in [-0.2, 0) is 0 Å². The van der Waals surface area contributed by atoms with E-state index in [2.05, 4.69) is 33.2 Å². The number of hydrogen-bond acceptors (Lipinski definition) is 3. The van der Waals surface area contributed by atoms with Gasteiger partial charge >= 0.3 is 12.0 Å². The van der Waals surface area contributed by atoms with Crippen LogP contribution in [-0.4, -0.2) is 22.2 Å². The Morgan fingerprint density at radius 1 is 0.952 bits per heavy atom. The van der Waals surface area contributed by atoms with E-state index in [4.69, 9.17) is 5.11 Å². The quantitative estimate of drug-likeness (QED) is 0.471. The van der Waals surface area contributed by atoms with Crippen LogP contribution >= 0.6 is 22.6 Å². The summed E-state index contributed by atoms with van der Waals surface area (Å²) >= 11 is 2.08. The van der Waals surface area contributed by atoms with Gasteiger partial charge in [-0.3, -0.25) is 0 Å². The van der Waals surface area contributed by atoms with Crippen LogP contribution in [0.4, 0.5) is 16.2 Å². The number of benzene rings is 2. The fourth-order valence-electron chi connectivity index (χ4n) is 1.66. The molecule has 21 heavy (non-hydrogen) atoms. The minimum Gasteiger partial charge on any atom is -0.505 e. The summed E-state index contributed by atoms with van der Waals surface area (Å²) in [6, 6.07) is 10.7. The van der Waals surface area contributed by atoms with Crippen LogP contribution in [0.3, 0.4) is 0 Å². The first-order chi connectivity index (χ1) is 9.99. The molecule has 2 rings (SSSR count). The lowest BCUT2D eigenvalue weighted by Gasteiger charge is -2.11. The van der Waals surface area contributed by atoms with E-state index in [9.17, 15) is 14.7 Å². The van der Waals surface area contributed by atoms with Crippen molar-refractivity contribution in [3.05, 3.63) is 51.6 Å². The monoisotopic (exact) mass is 398 g/mol. The second-order valence-electron chi connectivity index (χ2n) is 4.07. The molecule has 0 radical (unpaired) electrons. The Morgan fingerprint density at radius 3 is 2.24 bits per heavy atom. The van der Waals surface area contributed by atoms with Gasteiger partial charge in [0.2, 0.25) is 0 Å². The molecule has 0 fully saturated rings. The minimum absolute atomic E-state index is 0.0262. The van der Waals surface area contributed by atoms with Gasteiger partial charge in [-0.25, -0.2) is 9.59 Å². The van der Waals surface area contributed by atoms with Crippen molar-refractivity contribution >= 4 is 46.0 Å². The normalized spacial score (nSPS) is 9.95. The Morgan fingerprint density at radius 2 is 1.57 bits per heavy atom. The van der Waals surface area contributed by atoms with Crippen molar-refractivity contribution in [1.82, 2.24) is 0 Å². The molecule has 0 atom stereocenters. The van der Waals surface area contributed by atoms with Crippen molar-refractivity contribution in [2.24, 2.45) is 0 Å². The molecule has 4 N–H and O–H groups in total. The summed E-state index contributed by atoms with van der Waals surface area (Å²) < 4.78 is 0.855. The second kappa shape index (κ2) is 6.44. The third-order valence-electron chi connectivity index (χ3n) is 2.64. The van der Waals surface area contributed by atoms with E-state index in [1.807, 2.05) is 12.1 Å². The van der Waals surface area contributed by atoms with Crippen LogP contribution in [0.5, 0.6) is 5.75 Å². The highest BCUT2D eigenvalue weighted by Crippen LogP contribution is 2.27. The number of halogens is 1. The van der Waals surface area contributed by atoms with E-state index in [1.54, 1.807) is 12.1 Å². The minimum atomic E-state index is -1.27. The summed E-state index contributed by atoms with van der Waals surface area (Å²) in [7, 11) is 0. The maximum Gasteiger partial charge on any atom is 0.339 e. The number of carbonyl (C=O) groups excluding carboxylic acids is 1. The predicted octanol–water partition coefficient (Wildman–Crippen LogP) is 3.34. The fraction of sp³-hybridized carbons (Fsp3) is 0. The fourth-order valence-corrected chi connectivity index (χ4v) is 2.18. The largest absolute Gasteiger partial charge is 0.505 e. The van der Waals surface area contributed by atoms with Crippen molar-refractivity contribution < 1.29 is 19.8 Å². The molecule has 2 amide bonds. The second-order valence-corrected chi connectivity index (χ2v) is 5.23. The SMILES string of the molecule is O=C(Nc1ccccc1I)Nc1cccc(C(=O)O)c1O. The number of rotatable bonds is 3. The average Bonchev–Trinajstić information content (AvgIpc) is 2.43. The number of amides is 2. The lowest BCUT2D eigenvalue weighted by atomic mass is 10.1.